The molecule has 1 heterocycles. The topological polar surface area (TPSA) is 8.81 Å². The van der Waals surface area contributed by atoms with Gasteiger partial charge in [0.1, 0.15) is 0 Å². The van der Waals surface area contributed by atoms with Crippen molar-refractivity contribution in [2.24, 2.45) is 14.1 Å². The Hall–Kier alpha value is -1.57. The van der Waals surface area contributed by atoms with E-state index in [1.165, 1.54) is 16.9 Å². The largest absolute Gasteiger partial charge is 0.281 e. The molecule has 0 bridgehead atoms. The Morgan fingerprint density at radius 1 is 1.29 bits per heavy atom. The van der Waals surface area contributed by atoms with E-state index in [1.807, 2.05) is 6.92 Å². The molecule has 14 heavy (non-hydrogen) atoms. The van der Waals surface area contributed by atoms with Gasteiger partial charge in [-0.2, -0.15) is 0 Å². The van der Waals surface area contributed by atoms with E-state index in [-0.39, 0.29) is 0 Å². The number of hydrogen-bond donors (Lipinski definition) is 0. The molecular formula is C12H15N2+. The van der Waals surface area contributed by atoms with Gasteiger partial charge in [-0.05, 0) is 19.1 Å². The number of aryl methyl sites for hydroxylation is 2. The van der Waals surface area contributed by atoms with Crippen molar-refractivity contribution in [3.05, 3.63) is 36.2 Å². The van der Waals surface area contributed by atoms with Gasteiger partial charge in [0, 0.05) is 6.08 Å². The van der Waals surface area contributed by atoms with Crippen molar-refractivity contribution in [3.63, 3.8) is 0 Å². The van der Waals surface area contributed by atoms with Gasteiger partial charge in [-0.15, -0.1) is 0 Å². The Balaban J connectivity index is 2.85. The predicted octanol–water partition coefficient (Wildman–Crippen LogP) is 2.04. The number of fused-ring (bicyclic) bond motifs is 1. The summed E-state index contributed by atoms with van der Waals surface area (Å²) >= 11 is 0. The Morgan fingerprint density at radius 2 is 2.00 bits per heavy atom. The average molecular weight is 187 g/mol. The van der Waals surface area contributed by atoms with Crippen LogP contribution in [0, 0.1) is 0 Å². The molecule has 0 amide bonds. The lowest BCUT2D eigenvalue weighted by molar-refractivity contribution is -0.647. The van der Waals surface area contributed by atoms with E-state index < -0.39 is 0 Å². The summed E-state index contributed by atoms with van der Waals surface area (Å²) in [5.74, 6) is 1.22. The highest BCUT2D eigenvalue weighted by Crippen LogP contribution is 2.12. The molecule has 0 saturated heterocycles. The Bertz CT molecular complexity index is 453. The first-order valence-corrected chi connectivity index (χ1v) is 4.82. The molecule has 0 unspecified atom stereocenters. The molecule has 0 aliphatic heterocycles. The van der Waals surface area contributed by atoms with E-state index in [4.69, 9.17) is 0 Å². The van der Waals surface area contributed by atoms with Crippen LogP contribution in [-0.4, -0.2) is 4.57 Å². The summed E-state index contributed by atoms with van der Waals surface area (Å²) in [6, 6.07) is 8.42. The molecule has 0 aliphatic rings. The zero-order valence-corrected chi connectivity index (χ0v) is 8.86. The average Bonchev–Trinajstić information content (AvgIpc) is 2.45. The van der Waals surface area contributed by atoms with Crippen molar-refractivity contribution >= 4 is 17.1 Å². The van der Waals surface area contributed by atoms with E-state index >= 15 is 0 Å². The molecule has 1 aromatic heterocycles. The maximum absolute atomic E-state index is 2.20. The highest BCUT2D eigenvalue weighted by atomic mass is 15.1. The zero-order valence-electron chi connectivity index (χ0n) is 8.86. The summed E-state index contributed by atoms with van der Waals surface area (Å²) in [6.07, 6.45) is 4.19. The molecule has 0 aliphatic carbocycles. The molecule has 0 N–H and O–H groups in total. The molecule has 0 spiro atoms. The Morgan fingerprint density at radius 3 is 2.64 bits per heavy atom. The molecule has 2 heteroatoms. The first-order chi connectivity index (χ1) is 6.75. The summed E-state index contributed by atoms with van der Waals surface area (Å²) in [5, 5.41) is 0. The van der Waals surface area contributed by atoms with Crippen LogP contribution in [0.3, 0.4) is 0 Å². The minimum atomic E-state index is 1.22. The zero-order chi connectivity index (χ0) is 10.1. The third kappa shape index (κ3) is 1.15. The lowest BCUT2D eigenvalue weighted by Gasteiger charge is -1.89. The lowest BCUT2D eigenvalue weighted by atomic mass is 10.3. The molecule has 0 atom stereocenters. The highest BCUT2D eigenvalue weighted by molar-refractivity contribution is 5.73. The van der Waals surface area contributed by atoms with Crippen LogP contribution < -0.4 is 4.57 Å². The SMILES string of the molecule is C/C=C/c1n(C)c2ccccc2[n+]1C. The molecule has 72 valence electrons. The van der Waals surface area contributed by atoms with Gasteiger partial charge in [0.2, 0.25) is 0 Å². The Kier molecular flexibility index (Phi) is 2.12. The molecule has 1 aromatic carbocycles. The van der Waals surface area contributed by atoms with Crippen LogP contribution in [0.15, 0.2) is 30.3 Å². The third-order valence-electron chi connectivity index (χ3n) is 2.61. The lowest BCUT2D eigenvalue weighted by Crippen LogP contribution is -2.30. The van der Waals surface area contributed by atoms with Gasteiger partial charge in [0.25, 0.3) is 5.82 Å². The van der Waals surface area contributed by atoms with E-state index in [2.05, 4.69) is 59.6 Å². The summed E-state index contributed by atoms with van der Waals surface area (Å²) < 4.78 is 4.41. The van der Waals surface area contributed by atoms with E-state index in [9.17, 15) is 0 Å². The molecular weight excluding hydrogens is 172 g/mol. The minimum Gasteiger partial charge on any atom is -0.226 e. The molecule has 2 nitrogen and oxygen atoms in total. The fraction of sp³-hybridized carbons (Fsp3) is 0.250. The van der Waals surface area contributed by atoms with Crippen molar-refractivity contribution in [2.75, 3.05) is 0 Å². The Labute approximate surface area is 84.1 Å². The van der Waals surface area contributed by atoms with Crippen LogP contribution in [-0.2, 0) is 14.1 Å². The number of hydrogen-bond acceptors (Lipinski definition) is 0. The first-order valence-electron chi connectivity index (χ1n) is 4.82. The number of para-hydroxylation sites is 2. The van der Waals surface area contributed by atoms with Crippen molar-refractivity contribution in [3.8, 4) is 0 Å². The fourth-order valence-electron chi connectivity index (χ4n) is 1.88. The summed E-state index contributed by atoms with van der Waals surface area (Å²) in [5.41, 5.74) is 2.53. The van der Waals surface area contributed by atoms with Crippen LogP contribution in [0.4, 0.5) is 0 Å². The van der Waals surface area contributed by atoms with Crippen molar-refractivity contribution in [2.45, 2.75) is 6.92 Å². The molecule has 0 fully saturated rings. The maximum atomic E-state index is 2.20. The van der Waals surface area contributed by atoms with Gasteiger partial charge >= 0.3 is 0 Å². The summed E-state index contributed by atoms with van der Waals surface area (Å²) in [6.45, 7) is 2.04. The second kappa shape index (κ2) is 3.29. The summed E-state index contributed by atoms with van der Waals surface area (Å²) in [4.78, 5) is 0. The van der Waals surface area contributed by atoms with Gasteiger partial charge in [-0.1, -0.05) is 18.2 Å². The van der Waals surface area contributed by atoms with E-state index in [0.717, 1.165) is 0 Å². The normalized spacial score (nSPS) is 11.6. The monoisotopic (exact) mass is 187 g/mol. The second-order valence-electron chi connectivity index (χ2n) is 3.46. The quantitative estimate of drug-likeness (QED) is 0.604. The van der Waals surface area contributed by atoms with Gasteiger partial charge in [-0.3, -0.25) is 0 Å². The summed E-state index contributed by atoms with van der Waals surface area (Å²) in [7, 11) is 4.19. The van der Waals surface area contributed by atoms with Crippen LogP contribution in [0.5, 0.6) is 0 Å². The van der Waals surface area contributed by atoms with Gasteiger partial charge < -0.3 is 0 Å². The van der Waals surface area contributed by atoms with Crippen molar-refractivity contribution in [1.82, 2.24) is 4.57 Å². The first kappa shape index (κ1) is 9.00. The maximum Gasteiger partial charge on any atom is 0.281 e. The van der Waals surface area contributed by atoms with Crippen LogP contribution in [0.25, 0.3) is 17.1 Å². The molecule has 0 radical (unpaired) electrons. The molecule has 0 saturated carbocycles. The van der Waals surface area contributed by atoms with Crippen LogP contribution in [0.2, 0.25) is 0 Å². The number of aromatic nitrogens is 2. The molecule has 2 rings (SSSR count). The fourth-order valence-corrected chi connectivity index (χ4v) is 1.88. The highest BCUT2D eigenvalue weighted by Gasteiger charge is 2.15. The van der Waals surface area contributed by atoms with Gasteiger partial charge in [0.15, 0.2) is 11.0 Å². The van der Waals surface area contributed by atoms with Crippen molar-refractivity contribution < 1.29 is 4.57 Å². The smallest absolute Gasteiger partial charge is 0.226 e. The van der Waals surface area contributed by atoms with Crippen LogP contribution in [0.1, 0.15) is 12.7 Å². The second-order valence-corrected chi connectivity index (χ2v) is 3.46. The minimum absolute atomic E-state index is 1.22. The van der Waals surface area contributed by atoms with E-state index in [0.29, 0.717) is 0 Å². The van der Waals surface area contributed by atoms with Gasteiger partial charge in [-0.25, -0.2) is 9.13 Å². The number of rotatable bonds is 1. The molecule has 2 aromatic rings. The standard InChI is InChI=1S/C12H15N2/c1-4-7-12-13(2)10-8-5-6-9-11(10)14(12)3/h4-9H,1-3H3/q+1/b7-4+. The van der Waals surface area contributed by atoms with E-state index in [1.54, 1.807) is 0 Å². The number of imidazole rings is 1. The number of allylic oxidation sites excluding steroid dienone is 1. The third-order valence-corrected chi connectivity index (χ3v) is 2.61. The van der Waals surface area contributed by atoms with Crippen molar-refractivity contribution in [1.29, 1.82) is 0 Å². The number of benzene rings is 1. The number of nitrogens with zero attached hydrogens (tertiary/aromatic N) is 2. The van der Waals surface area contributed by atoms with Gasteiger partial charge in [0.05, 0.1) is 14.1 Å². The van der Waals surface area contributed by atoms with Crippen LogP contribution >= 0.6 is 0 Å². The predicted molar refractivity (Wildman–Crippen MR) is 58.8 cm³/mol.